The molecule has 20 rings (SSSR count). The van der Waals surface area contributed by atoms with Crippen LogP contribution >= 0.6 is 0 Å². The summed E-state index contributed by atoms with van der Waals surface area (Å²) in [6.07, 6.45) is 0. The second-order valence-corrected chi connectivity index (χ2v) is 26.1. The fourth-order valence-corrected chi connectivity index (χ4v) is 15.8. The van der Waals surface area contributed by atoms with Crippen LogP contribution in [0.3, 0.4) is 0 Å². The quantitative estimate of drug-likeness (QED) is 0.120. The van der Waals surface area contributed by atoms with Crippen LogP contribution in [0.5, 0.6) is 0 Å². The first-order valence-corrected chi connectivity index (χ1v) is 34.4. The number of hydrogen-bond acceptors (Lipinski definition) is 6. The second kappa shape index (κ2) is 23.7. The Balaban J connectivity index is 0.806. The molecule has 0 aliphatic carbocycles. The number of rotatable bonds is 11. The van der Waals surface area contributed by atoms with Crippen LogP contribution < -0.4 is 26.2 Å². The molecular formula is C92H59BN8. The van der Waals surface area contributed by atoms with E-state index < -0.39 is 0 Å². The minimum Gasteiger partial charge on any atom is -0.311 e. The van der Waals surface area contributed by atoms with Gasteiger partial charge in [-0.25, -0.2) is 19.9 Å². The molecule has 14 aromatic carbocycles. The Morgan fingerprint density at radius 3 is 1.16 bits per heavy atom. The van der Waals surface area contributed by atoms with Crippen LogP contribution in [0.1, 0.15) is 0 Å². The van der Waals surface area contributed by atoms with Gasteiger partial charge in [0.15, 0.2) is 11.6 Å². The van der Waals surface area contributed by atoms with Crippen LogP contribution in [0.2, 0.25) is 0 Å². The van der Waals surface area contributed by atoms with Crippen molar-refractivity contribution in [1.29, 1.82) is 0 Å². The molecule has 4 aromatic heterocycles. The Labute approximate surface area is 584 Å². The molecule has 0 N–H and O–H groups in total. The molecule has 101 heavy (non-hydrogen) atoms. The van der Waals surface area contributed by atoms with E-state index in [0.717, 1.165) is 134 Å². The standard InChI is InChI=1S/C92H59BN8/c1-7-27-61(28-8-1)77-57-79(96-91(94-77)63-31-11-3-12-32-63)65-51-52-83(101-82-44-24-20-40-71(82)73-56-72-70-39-19-23-43-81(70)98(86(72)59-87(73)101)67-33-13-4-14-34-67)74(53-65)80-58-78(62-29-9-2-10-30-62)95-92(97-80)64-49-47-60(48-50-64)66-54-88-90-89(55-66)100(69-37-17-6-18-38-69)85-46-26-22-42-76(85)93(90)75-41-21-25-45-84(75)99(88)68-35-15-5-16-36-68/h1-59H. The maximum absolute atomic E-state index is 5.79. The van der Waals surface area contributed by atoms with Crippen molar-refractivity contribution in [2.45, 2.75) is 0 Å². The zero-order valence-electron chi connectivity index (χ0n) is 54.7. The number of anilines is 6. The van der Waals surface area contributed by atoms with Gasteiger partial charge in [0.25, 0.3) is 6.71 Å². The van der Waals surface area contributed by atoms with Gasteiger partial charge in [0, 0.05) is 94.7 Å². The predicted molar refractivity (Wildman–Crippen MR) is 418 cm³/mol. The van der Waals surface area contributed by atoms with E-state index in [-0.39, 0.29) is 6.71 Å². The van der Waals surface area contributed by atoms with Crippen molar-refractivity contribution in [3.63, 3.8) is 0 Å². The highest BCUT2D eigenvalue weighted by atomic mass is 15.2. The third-order valence-corrected chi connectivity index (χ3v) is 20.3. The van der Waals surface area contributed by atoms with Crippen LogP contribution in [-0.2, 0) is 0 Å². The van der Waals surface area contributed by atoms with Crippen molar-refractivity contribution >= 4 is 101 Å². The lowest BCUT2D eigenvalue weighted by molar-refractivity contribution is 1.14. The molecule has 0 atom stereocenters. The molecule has 2 aliphatic heterocycles. The van der Waals surface area contributed by atoms with E-state index in [0.29, 0.717) is 11.6 Å². The van der Waals surface area contributed by atoms with Crippen LogP contribution in [-0.4, -0.2) is 35.8 Å². The largest absolute Gasteiger partial charge is 0.311 e. The minimum absolute atomic E-state index is 0.00575. The Bertz CT molecular complexity index is 6090. The Morgan fingerprint density at radius 1 is 0.218 bits per heavy atom. The first-order valence-electron chi connectivity index (χ1n) is 34.4. The molecule has 6 heterocycles. The molecule has 0 unspecified atom stereocenters. The van der Waals surface area contributed by atoms with Gasteiger partial charge in [0.2, 0.25) is 0 Å². The number of nitrogens with zero attached hydrogens (tertiary/aromatic N) is 8. The van der Waals surface area contributed by atoms with Gasteiger partial charge >= 0.3 is 0 Å². The van der Waals surface area contributed by atoms with Gasteiger partial charge in [-0.2, -0.15) is 0 Å². The summed E-state index contributed by atoms with van der Waals surface area (Å²) in [4.78, 5) is 26.9. The van der Waals surface area contributed by atoms with Crippen molar-refractivity contribution in [2.24, 2.45) is 0 Å². The summed E-state index contributed by atoms with van der Waals surface area (Å²) in [5.74, 6) is 1.24. The first kappa shape index (κ1) is 57.7. The van der Waals surface area contributed by atoms with Gasteiger partial charge in [-0.15, -0.1) is 0 Å². The Morgan fingerprint density at radius 2 is 0.614 bits per heavy atom. The molecule has 0 bridgehead atoms. The van der Waals surface area contributed by atoms with E-state index in [2.05, 4.69) is 353 Å². The zero-order valence-corrected chi connectivity index (χ0v) is 54.7. The molecule has 0 saturated heterocycles. The molecule has 9 heteroatoms. The smallest absolute Gasteiger partial charge is 0.252 e. The highest BCUT2D eigenvalue weighted by molar-refractivity contribution is 7.00. The Hall–Kier alpha value is -13.5. The molecule has 470 valence electrons. The van der Waals surface area contributed by atoms with Gasteiger partial charge in [0.05, 0.1) is 50.5 Å². The highest BCUT2D eigenvalue weighted by Crippen LogP contribution is 2.48. The van der Waals surface area contributed by atoms with E-state index >= 15 is 0 Å². The highest BCUT2D eigenvalue weighted by Gasteiger charge is 2.43. The third-order valence-electron chi connectivity index (χ3n) is 20.3. The molecular weight excluding hydrogens is 1230 g/mol. The maximum atomic E-state index is 5.79. The van der Waals surface area contributed by atoms with Gasteiger partial charge in [-0.05, 0) is 137 Å². The first-order chi connectivity index (χ1) is 50.1. The van der Waals surface area contributed by atoms with Gasteiger partial charge in [-0.1, -0.05) is 249 Å². The van der Waals surface area contributed by atoms with Crippen molar-refractivity contribution in [1.82, 2.24) is 29.1 Å². The van der Waals surface area contributed by atoms with Crippen LogP contribution in [0, 0.1) is 0 Å². The molecule has 18 aromatic rings. The lowest BCUT2D eigenvalue weighted by atomic mass is 9.33. The summed E-state index contributed by atoms with van der Waals surface area (Å²) in [6, 6.07) is 129. The minimum atomic E-state index is 0.00575. The summed E-state index contributed by atoms with van der Waals surface area (Å²) in [5, 5.41) is 4.70. The average Bonchev–Trinajstić information content (AvgIpc) is 1.43. The molecule has 0 fully saturated rings. The van der Waals surface area contributed by atoms with E-state index in [4.69, 9.17) is 19.9 Å². The molecule has 8 nitrogen and oxygen atoms in total. The van der Waals surface area contributed by atoms with Crippen LogP contribution in [0.4, 0.5) is 34.1 Å². The normalized spacial score (nSPS) is 12.3. The number of aromatic nitrogens is 6. The van der Waals surface area contributed by atoms with Crippen LogP contribution in [0.25, 0.3) is 134 Å². The van der Waals surface area contributed by atoms with Gasteiger partial charge in [0.1, 0.15) is 0 Å². The summed E-state index contributed by atoms with van der Waals surface area (Å²) in [5.41, 5.74) is 28.1. The number of hydrogen-bond donors (Lipinski definition) is 0. The van der Waals surface area contributed by atoms with Crippen molar-refractivity contribution < 1.29 is 0 Å². The SMILES string of the molecule is c1ccc(-c2cc(-c3ccc(-n4c5ccccc5c5cc6c7ccccc7n(-c7ccccc7)c6cc54)c(-c4cc(-c5ccccc5)nc(-c5ccc(-c6cc7c8c(c6)N(c6ccccc6)c6ccccc6B8c6ccccc6N7c6ccccc6)cc5)n4)c3)nc(-c3ccccc3)n2)cc1. The fraction of sp³-hybridized carbons (Fsp3) is 0. The maximum Gasteiger partial charge on any atom is 0.252 e. The van der Waals surface area contributed by atoms with E-state index in [1.165, 1.54) is 38.5 Å². The topological polar surface area (TPSA) is 67.9 Å². The summed E-state index contributed by atoms with van der Waals surface area (Å²) in [6.45, 7) is 0.00575. The molecule has 0 spiro atoms. The lowest BCUT2D eigenvalue weighted by Crippen LogP contribution is -2.61. The third kappa shape index (κ3) is 9.61. The lowest BCUT2D eigenvalue weighted by Gasteiger charge is -2.44. The summed E-state index contributed by atoms with van der Waals surface area (Å²) < 4.78 is 4.85. The number of fused-ring (bicyclic) bond motifs is 10. The molecule has 0 saturated carbocycles. The van der Waals surface area contributed by atoms with Gasteiger partial charge in [-0.3, -0.25) is 0 Å². The molecule has 0 radical (unpaired) electrons. The van der Waals surface area contributed by atoms with Crippen molar-refractivity contribution in [2.75, 3.05) is 9.80 Å². The zero-order chi connectivity index (χ0) is 66.5. The average molecular weight is 1290 g/mol. The van der Waals surface area contributed by atoms with Crippen molar-refractivity contribution in [3.8, 4) is 90.3 Å². The monoisotopic (exact) mass is 1290 g/mol. The number of benzene rings is 14. The second-order valence-electron chi connectivity index (χ2n) is 26.1. The van der Waals surface area contributed by atoms with Gasteiger partial charge < -0.3 is 18.9 Å². The van der Waals surface area contributed by atoms with E-state index in [1.54, 1.807) is 0 Å². The molecule has 2 aliphatic rings. The van der Waals surface area contributed by atoms with E-state index in [1.807, 2.05) is 24.3 Å². The fourth-order valence-electron chi connectivity index (χ4n) is 15.8. The number of para-hydroxylation sites is 7. The Kier molecular flexibility index (Phi) is 13.5. The summed E-state index contributed by atoms with van der Waals surface area (Å²) in [7, 11) is 0. The van der Waals surface area contributed by atoms with Crippen LogP contribution in [0.15, 0.2) is 358 Å². The predicted octanol–water partition coefficient (Wildman–Crippen LogP) is 21.2. The molecule has 0 amide bonds. The van der Waals surface area contributed by atoms with Crippen molar-refractivity contribution in [3.05, 3.63) is 358 Å². The van der Waals surface area contributed by atoms with E-state index in [9.17, 15) is 0 Å². The summed E-state index contributed by atoms with van der Waals surface area (Å²) >= 11 is 0.